The van der Waals surface area contributed by atoms with Crippen molar-refractivity contribution in [1.29, 1.82) is 0 Å². The lowest BCUT2D eigenvalue weighted by Gasteiger charge is -2.05. The molecule has 0 atom stereocenters. The molecule has 0 aromatic heterocycles. The largest absolute Gasteiger partial charge is 0.397 e. The molecule has 0 aromatic carbocycles. The first-order chi connectivity index (χ1) is 4.76. The molecular formula is C9H22O. The van der Waals surface area contributed by atoms with Gasteiger partial charge in [0.25, 0.3) is 0 Å². The molecule has 0 fully saturated rings. The first kappa shape index (κ1) is 12.6. The number of rotatable bonds is 3. The van der Waals surface area contributed by atoms with E-state index in [4.69, 9.17) is 5.11 Å². The van der Waals surface area contributed by atoms with E-state index in [-0.39, 0.29) is 6.61 Å². The fourth-order valence-electron chi connectivity index (χ4n) is 0.866. The Morgan fingerprint density at radius 1 is 0.900 bits per heavy atom. The lowest BCUT2D eigenvalue weighted by Crippen LogP contribution is -1.91. The third-order valence-electron chi connectivity index (χ3n) is 1.73. The van der Waals surface area contributed by atoms with Crippen LogP contribution in [0.2, 0.25) is 0 Å². The highest BCUT2D eigenvalue weighted by atomic mass is 16.2. The van der Waals surface area contributed by atoms with Crippen LogP contribution < -0.4 is 0 Å². The van der Waals surface area contributed by atoms with Gasteiger partial charge in [0.1, 0.15) is 0 Å². The third kappa shape index (κ3) is 10.9. The molecule has 64 valence electrons. The third-order valence-corrected chi connectivity index (χ3v) is 1.73. The molecule has 0 aliphatic rings. The van der Waals surface area contributed by atoms with Crippen molar-refractivity contribution < 1.29 is 5.11 Å². The highest BCUT2D eigenvalue weighted by Gasteiger charge is 1.95. The molecule has 0 heterocycles. The summed E-state index contributed by atoms with van der Waals surface area (Å²) in [7, 11) is 0. The maximum atomic E-state index is 7.57. The van der Waals surface area contributed by atoms with Gasteiger partial charge in [-0.15, -0.1) is 0 Å². The van der Waals surface area contributed by atoms with E-state index in [0.717, 1.165) is 5.92 Å². The van der Waals surface area contributed by atoms with Crippen LogP contribution in [0, 0.1) is 5.92 Å². The first-order valence-electron chi connectivity index (χ1n) is 4.37. The molecule has 0 saturated carbocycles. The minimum Gasteiger partial charge on any atom is -0.397 e. The predicted octanol–water partition coefficient (Wildman–Crippen LogP) is 2.83. The number of hydrogen-bond donors (Lipinski definition) is 1. The molecule has 1 heteroatoms. The lowest BCUT2D eigenvalue weighted by atomic mass is 10.0. The van der Waals surface area contributed by atoms with Crippen LogP contribution in [-0.2, 0) is 0 Å². The highest BCUT2D eigenvalue weighted by Crippen LogP contribution is 2.09. The van der Waals surface area contributed by atoms with E-state index in [9.17, 15) is 0 Å². The molecule has 1 N–H and O–H groups in total. The van der Waals surface area contributed by atoms with Crippen molar-refractivity contribution >= 4 is 0 Å². The molecular weight excluding hydrogens is 124 g/mol. The lowest BCUT2D eigenvalue weighted by molar-refractivity contribution is 0.318. The van der Waals surface area contributed by atoms with Crippen LogP contribution in [0.1, 0.15) is 47.0 Å². The number of aliphatic hydroxyl groups excluding tert-OH is 1. The van der Waals surface area contributed by atoms with Crippen LogP contribution in [0.3, 0.4) is 0 Å². The topological polar surface area (TPSA) is 20.2 Å². The van der Waals surface area contributed by atoms with Gasteiger partial charge in [-0.05, 0) is 12.8 Å². The van der Waals surface area contributed by atoms with Crippen LogP contribution in [0.15, 0.2) is 0 Å². The van der Waals surface area contributed by atoms with Gasteiger partial charge in [0.2, 0.25) is 0 Å². The van der Waals surface area contributed by atoms with Gasteiger partial charge < -0.3 is 5.11 Å². The monoisotopic (exact) mass is 146 g/mol. The predicted molar refractivity (Wildman–Crippen MR) is 47.1 cm³/mol. The number of hydrogen-bond acceptors (Lipinski definition) is 1. The van der Waals surface area contributed by atoms with Crippen LogP contribution in [0.25, 0.3) is 0 Å². The van der Waals surface area contributed by atoms with Crippen molar-refractivity contribution in [2.75, 3.05) is 6.61 Å². The second-order valence-electron chi connectivity index (χ2n) is 2.41. The highest BCUT2D eigenvalue weighted by molar-refractivity contribution is 4.48. The Hall–Kier alpha value is -0.0400. The van der Waals surface area contributed by atoms with E-state index in [1.165, 1.54) is 19.3 Å². The summed E-state index contributed by atoms with van der Waals surface area (Å²) in [4.78, 5) is 0. The maximum Gasteiger partial charge on any atom is 0.0402 e. The van der Waals surface area contributed by atoms with Crippen LogP contribution >= 0.6 is 0 Å². The fourth-order valence-corrected chi connectivity index (χ4v) is 0.866. The average Bonchev–Trinajstić information content (AvgIpc) is 1.93. The van der Waals surface area contributed by atoms with E-state index in [2.05, 4.69) is 20.8 Å². The second-order valence-corrected chi connectivity index (χ2v) is 2.41. The molecule has 0 saturated heterocycles. The Morgan fingerprint density at radius 3 is 1.10 bits per heavy atom. The molecule has 0 amide bonds. The van der Waals surface area contributed by atoms with Crippen LogP contribution in [0.4, 0.5) is 0 Å². The van der Waals surface area contributed by atoms with Gasteiger partial charge in [0, 0.05) is 6.61 Å². The summed E-state index contributed by atoms with van der Waals surface area (Å²) in [6, 6.07) is 0. The second kappa shape index (κ2) is 11.7. The quantitative estimate of drug-likeness (QED) is 0.649. The summed E-state index contributed by atoms with van der Waals surface area (Å²) in [5.74, 6) is 0.986. The first-order valence-corrected chi connectivity index (χ1v) is 4.37. The molecule has 10 heavy (non-hydrogen) atoms. The van der Waals surface area contributed by atoms with Crippen LogP contribution in [0.5, 0.6) is 0 Å². The van der Waals surface area contributed by atoms with Gasteiger partial charge in [-0.1, -0.05) is 40.0 Å². The van der Waals surface area contributed by atoms with Gasteiger partial charge in [-0.3, -0.25) is 0 Å². The summed E-state index contributed by atoms with van der Waals surface area (Å²) < 4.78 is 0. The fraction of sp³-hybridized carbons (Fsp3) is 1.00. The van der Waals surface area contributed by atoms with Gasteiger partial charge in [0.05, 0.1) is 0 Å². The van der Waals surface area contributed by atoms with Gasteiger partial charge in [0.15, 0.2) is 0 Å². The Kier molecular flexibility index (Phi) is 14.8. The van der Waals surface area contributed by atoms with Crippen molar-refractivity contribution in [1.82, 2.24) is 0 Å². The van der Waals surface area contributed by atoms with E-state index in [0.29, 0.717) is 0 Å². The number of aliphatic hydroxyl groups is 1. The summed E-state index contributed by atoms with van der Waals surface area (Å²) in [6.07, 6.45) is 4.06. The molecule has 0 aliphatic carbocycles. The zero-order valence-electron chi connectivity index (χ0n) is 7.85. The molecule has 0 radical (unpaired) electrons. The molecule has 0 aliphatic heterocycles. The van der Waals surface area contributed by atoms with Crippen molar-refractivity contribution in [2.45, 2.75) is 47.0 Å². The minimum atomic E-state index is 0.250. The van der Waals surface area contributed by atoms with E-state index < -0.39 is 0 Å². The smallest absolute Gasteiger partial charge is 0.0402 e. The van der Waals surface area contributed by atoms with Gasteiger partial charge >= 0.3 is 0 Å². The molecule has 0 rings (SSSR count). The molecule has 0 unspecified atom stereocenters. The van der Waals surface area contributed by atoms with Crippen LogP contribution in [-0.4, -0.2) is 11.7 Å². The average molecular weight is 146 g/mol. The standard InChI is InChI=1S/C7H16.C2H6O/c1-4-7(5-2)6-3;1-2-3/h7H,4-6H2,1-3H3;3H,2H2,1H3. The summed E-state index contributed by atoms with van der Waals surface area (Å²) >= 11 is 0. The van der Waals surface area contributed by atoms with E-state index >= 15 is 0 Å². The molecule has 0 aromatic rings. The van der Waals surface area contributed by atoms with Gasteiger partial charge in [-0.2, -0.15) is 0 Å². The Labute approximate surface area is 65.5 Å². The molecule has 1 nitrogen and oxygen atoms in total. The Morgan fingerprint density at radius 2 is 1.10 bits per heavy atom. The minimum absolute atomic E-state index is 0.250. The normalized spacial score (nSPS) is 9.00. The summed E-state index contributed by atoms with van der Waals surface area (Å²) in [5, 5.41) is 7.57. The summed E-state index contributed by atoms with van der Waals surface area (Å²) in [5.41, 5.74) is 0. The van der Waals surface area contributed by atoms with Gasteiger partial charge in [-0.25, -0.2) is 0 Å². The van der Waals surface area contributed by atoms with Crippen molar-refractivity contribution in [3.05, 3.63) is 0 Å². The van der Waals surface area contributed by atoms with Crippen molar-refractivity contribution in [3.63, 3.8) is 0 Å². The van der Waals surface area contributed by atoms with Crippen molar-refractivity contribution in [2.24, 2.45) is 5.92 Å². The maximum absolute atomic E-state index is 7.57. The summed E-state index contributed by atoms with van der Waals surface area (Å²) in [6.45, 7) is 8.72. The van der Waals surface area contributed by atoms with E-state index in [1.54, 1.807) is 6.92 Å². The Balaban J connectivity index is 0. The van der Waals surface area contributed by atoms with E-state index in [1.807, 2.05) is 0 Å². The zero-order chi connectivity index (χ0) is 8.41. The van der Waals surface area contributed by atoms with Crippen molar-refractivity contribution in [3.8, 4) is 0 Å². The molecule has 0 spiro atoms. The Bertz CT molecular complexity index is 34.5. The zero-order valence-corrected chi connectivity index (χ0v) is 7.85. The molecule has 0 bridgehead atoms. The SMILES string of the molecule is CCC(CC)CC.CCO.